The van der Waals surface area contributed by atoms with Gasteiger partial charge >= 0.3 is 17.5 Å². The van der Waals surface area contributed by atoms with E-state index in [4.69, 9.17) is 4.63 Å². The molecule has 1 saturated heterocycles. The lowest BCUT2D eigenvalue weighted by Gasteiger charge is -2.39. The van der Waals surface area contributed by atoms with Crippen LogP contribution in [0.4, 0.5) is 13.2 Å². The van der Waals surface area contributed by atoms with E-state index in [2.05, 4.69) is 10.5 Å². The molecule has 2 aromatic rings. The molecule has 0 spiro atoms. The van der Waals surface area contributed by atoms with Gasteiger partial charge in [-0.2, -0.15) is 0 Å². The first-order chi connectivity index (χ1) is 14.2. The van der Waals surface area contributed by atoms with Crippen molar-refractivity contribution in [3.8, 4) is 5.69 Å². The predicted molar refractivity (Wildman–Crippen MR) is 99.0 cm³/mol. The molecule has 1 aromatic heterocycles. The molecule has 2 amide bonds. The van der Waals surface area contributed by atoms with E-state index < -0.39 is 40.9 Å². The number of nitrogens with zero attached hydrogens (tertiary/aromatic N) is 3. The van der Waals surface area contributed by atoms with Crippen LogP contribution in [-0.4, -0.2) is 40.5 Å². The van der Waals surface area contributed by atoms with Crippen molar-refractivity contribution in [1.82, 2.24) is 15.4 Å². The van der Waals surface area contributed by atoms with Crippen molar-refractivity contribution in [3.05, 3.63) is 41.5 Å². The van der Waals surface area contributed by atoms with Gasteiger partial charge in [0.25, 0.3) is 0 Å². The van der Waals surface area contributed by atoms with Crippen LogP contribution in [-0.2, 0) is 4.79 Å². The fraction of sp³-hybridized carbons (Fsp3) is 0.500. The molecule has 10 heteroatoms. The molecule has 1 fully saturated rings. The van der Waals surface area contributed by atoms with E-state index in [1.807, 2.05) is 20.8 Å². The summed E-state index contributed by atoms with van der Waals surface area (Å²) in [7, 11) is 0. The van der Waals surface area contributed by atoms with Crippen molar-refractivity contribution in [3.63, 3.8) is 0 Å². The van der Waals surface area contributed by atoms with Gasteiger partial charge in [-0.25, -0.2) is 8.78 Å². The first kappa shape index (κ1) is 21.8. The molecule has 0 radical (unpaired) electrons. The van der Waals surface area contributed by atoms with Crippen LogP contribution in [0.25, 0.3) is 5.69 Å². The van der Waals surface area contributed by atoms with Gasteiger partial charge in [-0.05, 0) is 30.9 Å². The molecule has 3 rings (SSSR count). The zero-order chi connectivity index (χ0) is 22.0. The van der Waals surface area contributed by atoms with Crippen molar-refractivity contribution in [1.29, 1.82) is 0 Å². The highest BCUT2D eigenvalue weighted by Crippen LogP contribution is 2.21. The lowest BCUT2D eigenvalue weighted by Crippen LogP contribution is -2.62. The summed E-state index contributed by atoms with van der Waals surface area (Å²) in [5.74, 6) is -4.16. The normalized spacial score (nSPS) is 19.3. The number of carbonyl (C=O) groups is 2. The Hall–Kier alpha value is -2.91. The summed E-state index contributed by atoms with van der Waals surface area (Å²) < 4.78 is 47.3. The molecule has 1 aliphatic heterocycles. The van der Waals surface area contributed by atoms with E-state index in [0.29, 0.717) is 23.6 Å². The van der Waals surface area contributed by atoms with Crippen LogP contribution in [0.3, 0.4) is 0 Å². The van der Waals surface area contributed by atoms with Gasteiger partial charge in [-0.1, -0.05) is 31.8 Å². The van der Waals surface area contributed by atoms with Gasteiger partial charge in [-0.3, -0.25) is 9.59 Å². The number of nitrogens with one attached hydrogen (secondary N) is 1. The summed E-state index contributed by atoms with van der Waals surface area (Å²) in [5, 5.41) is 6.38. The molecule has 1 aliphatic rings. The fourth-order valence-corrected chi connectivity index (χ4v) is 3.58. The third-order valence-corrected chi connectivity index (χ3v) is 4.95. The largest absolute Gasteiger partial charge is 0.381 e. The number of hydrogen-bond donors (Lipinski definition) is 1. The first-order valence-electron chi connectivity index (χ1n) is 9.87. The van der Waals surface area contributed by atoms with Crippen LogP contribution in [0.2, 0.25) is 0 Å². The van der Waals surface area contributed by atoms with Crippen LogP contribution in [0.15, 0.2) is 22.8 Å². The molecular weight excluding hydrogens is 401 g/mol. The molecule has 162 valence electrons. The van der Waals surface area contributed by atoms with Crippen molar-refractivity contribution in [2.24, 2.45) is 5.92 Å². The molecule has 1 aromatic carbocycles. The number of halogens is 3. The zero-order valence-corrected chi connectivity index (χ0v) is 17.0. The number of aromatic nitrogens is 2. The molecule has 0 bridgehead atoms. The van der Waals surface area contributed by atoms with Crippen LogP contribution >= 0.6 is 0 Å². The maximum atomic E-state index is 14.9. The van der Waals surface area contributed by atoms with Crippen molar-refractivity contribution in [2.75, 3.05) is 6.54 Å². The Morgan fingerprint density at radius 3 is 2.73 bits per heavy atom. The molecule has 1 N–H and O–H groups in total. The number of hydrogen-bond acceptors (Lipinski definition) is 4. The molecule has 0 aliphatic carbocycles. The van der Waals surface area contributed by atoms with E-state index in [-0.39, 0.29) is 24.4 Å². The predicted octanol–water partition coefficient (Wildman–Crippen LogP) is 2.52. The molecule has 7 nitrogen and oxygen atoms in total. The lowest BCUT2D eigenvalue weighted by atomic mass is 9.96. The number of amides is 2. The second-order valence-electron chi connectivity index (χ2n) is 7.80. The Bertz CT molecular complexity index is 947. The maximum Gasteiger partial charge on any atom is 0.381 e. The van der Waals surface area contributed by atoms with Crippen LogP contribution in [0, 0.1) is 23.5 Å². The number of piperazine rings is 1. The van der Waals surface area contributed by atoms with Gasteiger partial charge in [0.1, 0.15) is 11.9 Å². The lowest BCUT2D eigenvalue weighted by molar-refractivity contribution is -0.816. The molecular formula is C20H24F3N4O3+. The molecule has 0 saturated carbocycles. The SMILES string of the molecule is CCC[C@H]1CN(C(=O)c2no[n+](-c3ccc(F)cc3F)c2F)[C@@H](CC(C)C)C(=O)N1. The number of carbonyl (C=O) groups excluding carboxylic acids is 2. The number of benzene rings is 1. The van der Waals surface area contributed by atoms with Gasteiger partial charge in [-0.15, -0.1) is 4.39 Å². The number of rotatable bonds is 6. The monoisotopic (exact) mass is 425 g/mol. The summed E-state index contributed by atoms with van der Waals surface area (Å²) >= 11 is 0. The summed E-state index contributed by atoms with van der Waals surface area (Å²) in [6, 6.07) is 1.43. The van der Waals surface area contributed by atoms with E-state index in [1.165, 1.54) is 4.90 Å². The van der Waals surface area contributed by atoms with E-state index in [9.17, 15) is 22.8 Å². The summed E-state index contributed by atoms with van der Waals surface area (Å²) in [4.78, 5) is 27.0. The van der Waals surface area contributed by atoms with Gasteiger partial charge in [0.15, 0.2) is 11.0 Å². The van der Waals surface area contributed by atoms with Crippen LogP contribution < -0.4 is 10.1 Å². The highest BCUT2D eigenvalue weighted by molar-refractivity contribution is 5.96. The topological polar surface area (TPSA) is 79.3 Å². The molecule has 2 atom stereocenters. The molecule has 30 heavy (non-hydrogen) atoms. The van der Waals surface area contributed by atoms with Gasteiger partial charge in [0.05, 0.1) is 0 Å². The summed E-state index contributed by atoms with van der Waals surface area (Å²) in [6.07, 6.45) is 1.85. The van der Waals surface area contributed by atoms with E-state index in [0.717, 1.165) is 18.6 Å². The Morgan fingerprint density at radius 2 is 2.10 bits per heavy atom. The van der Waals surface area contributed by atoms with Gasteiger partial charge < -0.3 is 10.2 Å². The maximum absolute atomic E-state index is 14.9. The standard InChI is InChI=1S/C20H23F3N4O3/c1-4-5-13-10-26(16(8-11(2)3)19(28)24-13)20(29)17-18(23)27(30-25-17)15-7-6-12(21)9-14(15)22/h6-7,9,11,13,16H,4-5,8,10H2,1-3H3/p+1/t13-,16-/m0/s1. The van der Waals surface area contributed by atoms with Crippen LogP contribution in [0.1, 0.15) is 50.5 Å². The Morgan fingerprint density at radius 1 is 1.37 bits per heavy atom. The van der Waals surface area contributed by atoms with Crippen LogP contribution in [0.5, 0.6) is 0 Å². The van der Waals surface area contributed by atoms with Crippen molar-refractivity contribution >= 4 is 11.8 Å². The first-order valence-corrected chi connectivity index (χ1v) is 9.87. The van der Waals surface area contributed by atoms with E-state index >= 15 is 0 Å². The second kappa shape index (κ2) is 8.85. The minimum atomic E-state index is -1.23. The highest BCUT2D eigenvalue weighted by Gasteiger charge is 2.43. The average molecular weight is 425 g/mol. The minimum Gasteiger partial charge on any atom is -0.350 e. The van der Waals surface area contributed by atoms with Crippen molar-refractivity contribution in [2.45, 2.75) is 52.1 Å². The molecule has 0 unspecified atom stereocenters. The van der Waals surface area contributed by atoms with Crippen molar-refractivity contribution < 1.29 is 32.1 Å². The zero-order valence-electron chi connectivity index (χ0n) is 17.0. The second-order valence-corrected chi connectivity index (χ2v) is 7.80. The molecule has 2 heterocycles. The quantitative estimate of drug-likeness (QED) is 0.722. The Kier molecular flexibility index (Phi) is 6.42. The van der Waals surface area contributed by atoms with E-state index in [1.54, 1.807) is 0 Å². The Balaban J connectivity index is 1.94. The summed E-state index contributed by atoms with van der Waals surface area (Å²) in [5.41, 5.74) is -1.10. The summed E-state index contributed by atoms with van der Waals surface area (Å²) in [6.45, 7) is 5.98. The third kappa shape index (κ3) is 4.31. The van der Waals surface area contributed by atoms with Gasteiger partial charge in [0, 0.05) is 23.4 Å². The van der Waals surface area contributed by atoms with Gasteiger partial charge in [0.2, 0.25) is 11.6 Å². The fourth-order valence-electron chi connectivity index (χ4n) is 3.58. The smallest absolute Gasteiger partial charge is 0.350 e. The Labute approximate surface area is 171 Å². The third-order valence-electron chi connectivity index (χ3n) is 4.95. The highest BCUT2D eigenvalue weighted by atomic mass is 19.1. The minimum absolute atomic E-state index is 0.110. The average Bonchev–Trinajstić information content (AvgIpc) is 3.04.